The molecule has 5 rings (SSSR count). The Morgan fingerprint density at radius 2 is 1.35 bits per heavy atom. The van der Waals surface area contributed by atoms with Crippen LogP contribution >= 0.6 is 0 Å². The fourth-order valence-electron chi connectivity index (χ4n) is 13.3. The van der Waals surface area contributed by atoms with E-state index < -0.39 is 48.8 Å². The third kappa shape index (κ3) is 5.80. The molecule has 0 amide bonds. The molecule has 0 saturated heterocycles. The summed E-state index contributed by atoms with van der Waals surface area (Å²) in [5, 5.41) is 44.8. The SMILES string of the molecule is C=C(C)[C@@H]1CC[C@]2(CNC(CC(=O)O)C(=O)O)CC[C@]3(C)[C@H](CC[C@@H]4[C@@]5(C)CC[C@H](NC(CC(=O)O)C(=O)O)C(C)(C)[C@@H]5CC[C@]43C)[C@@H]12. The van der Waals surface area contributed by atoms with Gasteiger partial charge in [-0.2, -0.15) is 0 Å². The minimum atomic E-state index is -1.12. The Labute approximate surface area is 285 Å². The Morgan fingerprint density at radius 3 is 1.94 bits per heavy atom. The zero-order valence-corrected chi connectivity index (χ0v) is 29.9. The van der Waals surface area contributed by atoms with Crippen molar-refractivity contribution in [2.24, 2.45) is 56.7 Å². The van der Waals surface area contributed by atoms with E-state index in [4.69, 9.17) is 0 Å². The van der Waals surface area contributed by atoms with E-state index in [1.165, 1.54) is 5.57 Å². The number of hydrogen-bond donors (Lipinski definition) is 6. The quantitative estimate of drug-likeness (QED) is 0.134. The van der Waals surface area contributed by atoms with Gasteiger partial charge >= 0.3 is 23.9 Å². The van der Waals surface area contributed by atoms with E-state index in [0.29, 0.717) is 36.1 Å². The van der Waals surface area contributed by atoms with Gasteiger partial charge in [0.15, 0.2) is 0 Å². The minimum Gasteiger partial charge on any atom is -0.481 e. The third-order valence-electron chi connectivity index (χ3n) is 15.7. The summed E-state index contributed by atoms with van der Waals surface area (Å²) in [7, 11) is 0. The predicted octanol–water partition coefficient (Wildman–Crippen LogP) is 6.05. The zero-order valence-electron chi connectivity index (χ0n) is 29.9. The molecule has 12 atom stereocenters. The van der Waals surface area contributed by atoms with Crippen LogP contribution in [0, 0.1) is 56.7 Å². The van der Waals surface area contributed by atoms with Crippen molar-refractivity contribution in [3.63, 3.8) is 0 Å². The van der Waals surface area contributed by atoms with E-state index in [2.05, 4.69) is 58.8 Å². The maximum atomic E-state index is 12.0. The lowest BCUT2D eigenvalue weighted by Gasteiger charge is -2.73. The van der Waals surface area contributed by atoms with Gasteiger partial charge in [0.1, 0.15) is 12.1 Å². The van der Waals surface area contributed by atoms with Gasteiger partial charge in [0.25, 0.3) is 0 Å². The molecule has 0 aromatic rings. The lowest BCUT2D eigenvalue weighted by atomic mass is 9.32. The summed E-state index contributed by atoms with van der Waals surface area (Å²) in [5.74, 6) is -2.41. The number of carboxylic acid groups (broad SMARTS) is 4. The fourth-order valence-corrected chi connectivity index (χ4v) is 13.3. The number of carboxylic acids is 4. The van der Waals surface area contributed by atoms with E-state index in [-0.39, 0.29) is 33.1 Å². The highest BCUT2D eigenvalue weighted by Crippen LogP contribution is 2.77. The third-order valence-corrected chi connectivity index (χ3v) is 15.7. The van der Waals surface area contributed by atoms with Crippen LogP contribution in [-0.4, -0.2) is 69.0 Å². The molecule has 5 fully saturated rings. The molecule has 48 heavy (non-hydrogen) atoms. The van der Waals surface area contributed by atoms with Crippen LogP contribution < -0.4 is 10.6 Å². The Bertz CT molecular complexity index is 1330. The summed E-state index contributed by atoms with van der Waals surface area (Å²) in [6, 6.07) is -2.30. The summed E-state index contributed by atoms with van der Waals surface area (Å²) < 4.78 is 0. The molecule has 0 spiro atoms. The number of hydrogen-bond acceptors (Lipinski definition) is 6. The highest BCUT2D eigenvalue weighted by molar-refractivity contribution is 5.81. The Morgan fingerprint density at radius 1 is 0.729 bits per heavy atom. The van der Waals surface area contributed by atoms with Crippen LogP contribution in [0.3, 0.4) is 0 Å². The normalized spacial score (nSPS) is 42.6. The van der Waals surface area contributed by atoms with Crippen molar-refractivity contribution in [3.05, 3.63) is 12.2 Å². The van der Waals surface area contributed by atoms with Gasteiger partial charge in [-0.25, -0.2) is 0 Å². The van der Waals surface area contributed by atoms with Crippen molar-refractivity contribution in [2.75, 3.05) is 6.54 Å². The van der Waals surface area contributed by atoms with Crippen molar-refractivity contribution in [1.29, 1.82) is 0 Å². The topological polar surface area (TPSA) is 173 Å². The van der Waals surface area contributed by atoms with Crippen molar-refractivity contribution >= 4 is 23.9 Å². The number of carbonyl (C=O) groups is 4. The van der Waals surface area contributed by atoms with Gasteiger partial charge in [0.2, 0.25) is 0 Å². The number of allylic oxidation sites excluding steroid dienone is 1. The molecule has 0 aromatic heterocycles. The maximum Gasteiger partial charge on any atom is 0.321 e. The number of nitrogens with one attached hydrogen (secondary N) is 2. The molecular weight excluding hydrogens is 612 g/mol. The van der Waals surface area contributed by atoms with Gasteiger partial charge in [0, 0.05) is 12.6 Å². The van der Waals surface area contributed by atoms with E-state index in [0.717, 1.165) is 64.2 Å². The molecule has 0 bridgehead atoms. The van der Waals surface area contributed by atoms with Crippen LogP contribution in [-0.2, 0) is 19.2 Å². The first-order valence-corrected chi connectivity index (χ1v) is 18.3. The molecule has 5 saturated carbocycles. The van der Waals surface area contributed by atoms with Crippen molar-refractivity contribution in [3.8, 4) is 0 Å². The minimum absolute atomic E-state index is 0.0687. The molecule has 5 aliphatic carbocycles. The van der Waals surface area contributed by atoms with Gasteiger partial charge in [-0.3, -0.25) is 19.2 Å². The summed E-state index contributed by atoms with van der Waals surface area (Å²) >= 11 is 0. The van der Waals surface area contributed by atoms with E-state index >= 15 is 0 Å². The van der Waals surface area contributed by atoms with E-state index in [1.807, 2.05) is 0 Å². The van der Waals surface area contributed by atoms with Gasteiger partial charge < -0.3 is 31.1 Å². The summed E-state index contributed by atoms with van der Waals surface area (Å²) in [6.07, 6.45) is 9.35. The van der Waals surface area contributed by atoms with Crippen LogP contribution in [0.25, 0.3) is 0 Å². The van der Waals surface area contributed by atoms with E-state index in [9.17, 15) is 39.6 Å². The standard InChI is InChI=1S/C38H60N2O8/c1-21(2)22-10-15-38(20-39-24(32(45)46)18-29(41)42)17-16-36(6)23(31(22)38)8-9-27-35(5)13-12-28(40-25(33(47)48)19-30(43)44)34(3,4)26(35)11-14-37(27,36)7/h22-28,31,39-40H,1,8-20H2,2-7H3,(H,41,42)(H,43,44)(H,45,46)(H,47,48)/t22-,23+,24?,25?,26-,27+,28-,31+,35-,36+,37+,38+/m0/s1. The number of aliphatic carboxylic acids is 4. The monoisotopic (exact) mass is 672 g/mol. The van der Waals surface area contributed by atoms with Crippen LogP contribution in [0.5, 0.6) is 0 Å². The lowest BCUT2D eigenvalue weighted by molar-refractivity contribution is -0.239. The van der Waals surface area contributed by atoms with E-state index in [1.54, 1.807) is 0 Å². The second-order valence-electron chi connectivity index (χ2n) is 18.0. The second-order valence-corrected chi connectivity index (χ2v) is 18.0. The first-order chi connectivity index (χ1) is 22.2. The average Bonchev–Trinajstić information content (AvgIpc) is 3.36. The van der Waals surface area contributed by atoms with Gasteiger partial charge in [0.05, 0.1) is 12.8 Å². The Hall–Kier alpha value is -2.46. The number of fused-ring (bicyclic) bond motifs is 7. The Balaban J connectivity index is 1.43. The van der Waals surface area contributed by atoms with Crippen LogP contribution in [0.2, 0.25) is 0 Å². The van der Waals surface area contributed by atoms with Gasteiger partial charge in [-0.15, -0.1) is 0 Å². The number of rotatable bonds is 12. The predicted molar refractivity (Wildman–Crippen MR) is 181 cm³/mol. The lowest BCUT2D eigenvalue weighted by Crippen LogP contribution is -2.68. The molecule has 0 aliphatic heterocycles. The average molecular weight is 673 g/mol. The van der Waals surface area contributed by atoms with Gasteiger partial charge in [-0.05, 0) is 128 Å². The molecule has 2 unspecified atom stereocenters. The zero-order chi connectivity index (χ0) is 35.6. The van der Waals surface area contributed by atoms with Crippen molar-refractivity contribution in [1.82, 2.24) is 10.6 Å². The molecule has 5 aliphatic rings. The molecule has 0 radical (unpaired) electrons. The second kappa shape index (κ2) is 12.7. The van der Waals surface area contributed by atoms with Crippen molar-refractivity contribution < 1.29 is 39.6 Å². The van der Waals surface area contributed by atoms with Crippen LogP contribution in [0.15, 0.2) is 12.2 Å². The molecule has 0 heterocycles. The fraction of sp³-hybridized carbons (Fsp3) is 0.842. The smallest absolute Gasteiger partial charge is 0.321 e. The first-order valence-electron chi connectivity index (χ1n) is 18.3. The maximum absolute atomic E-state index is 12.0. The molecule has 0 aromatic carbocycles. The first kappa shape index (κ1) is 36.8. The largest absolute Gasteiger partial charge is 0.481 e. The molecule has 10 heteroatoms. The summed E-state index contributed by atoms with van der Waals surface area (Å²) in [5.41, 5.74) is 1.15. The van der Waals surface area contributed by atoms with Crippen LogP contribution in [0.1, 0.15) is 119 Å². The Kier molecular flexibility index (Phi) is 9.74. The highest BCUT2D eigenvalue weighted by atomic mass is 16.4. The molecule has 270 valence electrons. The van der Waals surface area contributed by atoms with Crippen molar-refractivity contribution in [2.45, 2.75) is 137 Å². The summed E-state index contributed by atoms with van der Waals surface area (Å²) in [6.45, 7) is 19.2. The molecule has 10 nitrogen and oxygen atoms in total. The molecular formula is C38H60N2O8. The summed E-state index contributed by atoms with van der Waals surface area (Å²) in [4.78, 5) is 46.9. The molecule has 6 N–H and O–H groups in total. The van der Waals surface area contributed by atoms with Crippen LogP contribution in [0.4, 0.5) is 0 Å². The van der Waals surface area contributed by atoms with Gasteiger partial charge in [-0.1, -0.05) is 46.8 Å². The highest BCUT2D eigenvalue weighted by Gasteiger charge is 2.70.